The zero-order chi connectivity index (χ0) is 22.5. The SMILES string of the molecule is [B]c1ccc(Nc2c(C(=O)NOCCCC(=O)NO)cc3c(ncn3C)c2F)c(Cl)c1. The number of aromatic nitrogens is 2. The third-order valence-electron chi connectivity index (χ3n) is 4.40. The van der Waals surface area contributed by atoms with E-state index in [9.17, 15) is 9.59 Å². The van der Waals surface area contributed by atoms with Gasteiger partial charge in [0.05, 0.1) is 40.4 Å². The highest BCUT2D eigenvalue weighted by molar-refractivity contribution is 6.37. The highest BCUT2D eigenvalue weighted by Gasteiger charge is 2.22. The van der Waals surface area contributed by atoms with Gasteiger partial charge in [0.1, 0.15) is 13.4 Å². The van der Waals surface area contributed by atoms with Crippen LogP contribution < -0.4 is 21.7 Å². The van der Waals surface area contributed by atoms with E-state index in [0.717, 1.165) is 0 Å². The Kier molecular flexibility index (Phi) is 7.11. The third-order valence-corrected chi connectivity index (χ3v) is 4.71. The second-order valence-corrected chi connectivity index (χ2v) is 7.03. The molecule has 3 rings (SSSR count). The minimum Gasteiger partial charge on any atom is -0.351 e. The molecule has 31 heavy (non-hydrogen) atoms. The van der Waals surface area contributed by atoms with E-state index in [0.29, 0.717) is 16.7 Å². The predicted octanol–water partition coefficient (Wildman–Crippen LogP) is 1.85. The molecule has 0 aliphatic carbocycles. The highest BCUT2D eigenvalue weighted by Crippen LogP contribution is 2.32. The quantitative estimate of drug-likeness (QED) is 0.182. The number of nitrogens with zero attached hydrogens (tertiary/aromatic N) is 2. The number of fused-ring (bicyclic) bond motifs is 1. The molecule has 3 aromatic rings. The Hall–Kier alpha value is -3.15. The number of halogens is 2. The Morgan fingerprint density at radius 3 is 2.84 bits per heavy atom. The normalized spacial score (nSPS) is 10.8. The highest BCUT2D eigenvalue weighted by atomic mass is 35.5. The molecule has 2 amide bonds. The smallest absolute Gasteiger partial charge is 0.277 e. The molecule has 2 aromatic carbocycles. The first-order chi connectivity index (χ1) is 14.8. The summed E-state index contributed by atoms with van der Waals surface area (Å²) in [6, 6.07) is 6.10. The fraction of sp³-hybridized carbons (Fsp3) is 0.211. The van der Waals surface area contributed by atoms with Crippen LogP contribution in [0.1, 0.15) is 23.2 Å². The Bertz CT molecular complexity index is 1140. The van der Waals surface area contributed by atoms with Crippen molar-refractivity contribution in [3.05, 3.63) is 47.0 Å². The van der Waals surface area contributed by atoms with Crippen molar-refractivity contribution in [2.45, 2.75) is 12.8 Å². The standard InChI is InChI=1S/C19H18BClFN5O4/c1-27-9-23-18-14(27)8-11(19(29)26-31-6-2-3-15(28)25-30)17(16(18)22)24-13-5-4-10(20)7-12(13)21/h4-5,7-9,24,30H,2-3,6H2,1H3,(H,25,28)(H,26,29). The predicted molar refractivity (Wildman–Crippen MR) is 113 cm³/mol. The van der Waals surface area contributed by atoms with Crippen LogP contribution in [0.25, 0.3) is 11.0 Å². The number of carbonyl (C=O) groups is 2. The van der Waals surface area contributed by atoms with Gasteiger partial charge in [-0.3, -0.25) is 19.6 Å². The minimum atomic E-state index is -0.740. The van der Waals surface area contributed by atoms with Crippen LogP contribution >= 0.6 is 11.6 Å². The summed E-state index contributed by atoms with van der Waals surface area (Å²) in [5.41, 5.74) is 4.77. The van der Waals surface area contributed by atoms with Crippen LogP contribution in [-0.2, 0) is 16.7 Å². The van der Waals surface area contributed by atoms with Gasteiger partial charge in [-0.05, 0) is 24.6 Å². The number of benzene rings is 2. The van der Waals surface area contributed by atoms with Crippen LogP contribution in [0.4, 0.5) is 15.8 Å². The lowest BCUT2D eigenvalue weighted by molar-refractivity contribution is -0.129. The van der Waals surface area contributed by atoms with Crippen LogP contribution in [0.5, 0.6) is 0 Å². The third kappa shape index (κ3) is 5.13. The van der Waals surface area contributed by atoms with Gasteiger partial charge < -0.3 is 9.88 Å². The zero-order valence-corrected chi connectivity index (χ0v) is 17.2. The van der Waals surface area contributed by atoms with Crippen molar-refractivity contribution in [1.82, 2.24) is 20.5 Å². The van der Waals surface area contributed by atoms with E-state index in [4.69, 9.17) is 29.5 Å². The van der Waals surface area contributed by atoms with E-state index in [-0.39, 0.29) is 41.2 Å². The number of hydrogen-bond acceptors (Lipinski definition) is 6. The average Bonchev–Trinajstić information content (AvgIpc) is 3.11. The molecular weight excluding hydrogens is 428 g/mol. The fourth-order valence-corrected chi connectivity index (χ4v) is 3.06. The topological polar surface area (TPSA) is 118 Å². The molecule has 1 heterocycles. The minimum absolute atomic E-state index is 0.00213. The van der Waals surface area contributed by atoms with E-state index in [2.05, 4.69) is 15.8 Å². The zero-order valence-electron chi connectivity index (χ0n) is 16.4. The van der Waals surface area contributed by atoms with Crippen molar-refractivity contribution < 1.29 is 24.0 Å². The number of hydrogen-bond donors (Lipinski definition) is 4. The molecule has 0 unspecified atom stereocenters. The molecule has 4 N–H and O–H groups in total. The summed E-state index contributed by atoms with van der Waals surface area (Å²) in [7, 11) is 7.36. The molecule has 160 valence electrons. The number of amides is 2. The lowest BCUT2D eigenvalue weighted by atomic mass is 9.96. The molecule has 0 bridgehead atoms. The second-order valence-electron chi connectivity index (χ2n) is 6.62. The first-order valence-corrected chi connectivity index (χ1v) is 9.50. The summed E-state index contributed by atoms with van der Waals surface area (Å²) in [5, 5.41) is 11.5. The maximum absolute atomic E-state index is 15.3. The van der Waals surface area contributed by atoms with E-state index >= 15 is 4.39 Å². The maximum atomic E-state index is 15.3. The molecule has 9 nitrogen and oxygen atoms in total. The van der Waals surface area contributed by atoms with Crippen molar-refractivity contribution in [1.29, 1.82) is 0 Å². The molecule has 1 aromatic heterocycles. The summed E-state index contributed by atoms with van der Waals surface area (Å²) in [5.74, 6) is -2.04. The number of anilines is 2. The largest absolute Gasteiger partial charge is 0.351 e. The Labute approximate surface area is 182 Å². The van der Waals surface area contributed by atoms with Crippen molar-refractivity contribution in [2.24, 2.45) is 7.05 Å². The summed E-state index contributed by atoms with van der Waals surface area (Å²) >= 11 is 6.18. The van der Waals surface area contributed by atoms with E-state index in [1.54, 1.807) is 23.7 Å². The van der Waals surface area contributed by atoms with Gasteiger partial charge in [-0.1, -0.05) is 23.1 Å². The van der Waals surface area contributed by atoms with E-state index in [1.807, 2.05) is 0 Å². The second kappa shape index (κ2) is 9.77. The van der Waals surface area contributed by atoms with Crippen molar-refractivity contribution in [3.63, 3.8) is 0 Å². The summed E-state index contributed by atoms with van der Waals surface area (Å²) in [6.07, 6.45) is 1.68. The monoisotopic (exact) mass is 445 g/mol. The molecule has 12 heteroatoms. The first-order valence-electron chi connectivity index (χ1n) is 9.12. The lowest BCUT2D eigenvalue weighted by Crippen LogP contribution is -2.26. The van der Waals surface area contributed by atoms with Gasteiger partial charge in [-0.25, -0.2) is 20.3 Å². The van der Waals surface area contributed by atoms with E-state index in [1.165, 1.54) is 23.9 Å². The maximum Gasteiger partial charge on any atom is 0.277 e. The van der Waals surface area contributed by atoms with Gasteiger partial charge in [0.15, 0.2) is 5.82 Å². The van der Waals surface area contributed by atoms with Crippen molar-refractivity contribution in [3.8, 4) is 0 Å². The first kappa shape index (κ1) is 22.5. The summed E-state index contributed by atoms with van der Waals surface area (Å²) in [4.78, 5) is 32.8. The Morgan fingerprint density at radius 2 is 2.13 bits per heavy atom. The molecule has 0 spiro atoms. The summed E-state index contributed by atoms with van der Waals surface area (Å²) in [6.45, 7) is 0.00213. The van der Waals surface area contributed by atoms with Crippen LogP contribution in [0.3, 0.4) is 0 Å². The molecule has 0 fully saturated rings. The number of nitrogens with one attached hydrogen (secondary N) is 3. The number of rotatable bonds is 8. The van der Waals surface area contributed by atoms with Crippen molar-refractivity contribution in [2.75, 3.05) is 11.9 Å². The van der Waals surface area contributed by atoms with Crippen LogP contribution in [-0.4, -0.2) is 41.0 Å². The van der Waals surface area contributed by atoms with Gasteiger partial charge in [-0.2, -0.15) is 0 Å². The number of hydroxylamine groups is 2. The van der Waals surface area contributed by atoms with Gasteiger partial charge in [0.2, 0.25) is 5.91 Å². The van der Waals surface area contributed by atoms with Gasteiger partial charge in [0.25, 0.3) is 5.91 Å². The van der Waals surface area contributed by atoms with Crippen LogP contribution in [0, 0.1) is 5.82 Å². The molecular formula is C19H18BClFN5O4. The molecule has 0 saturated heterocycles. The number of carbonyl (C=O) groups excluding carboxylic acids is 2. The molecule has 2 radical (unpaired) electrons. The molecule has 0 saturated carbocycles. The average molecular weight is 446 g/mol. The van der Waals surface area contributed by atoms with Crippen molar-refractivity contribution >= 4 is 59.1 Å². The van der Waals surface area contributed by atoms with Crippen LogP contribution in [0.2, 0.25) is 5.02 Å². The lowest BCUT2D eigenvalue weighted by Gasteiger charge is -2.15. The van der Waals surface area contributed by atoms with Gasteiger partial charge in [0, 0.05) is 13.5 Å². The summed E-state index contributed by atoms with van der Waals surface area (Å²) < 4.78 is 16.8. The van der Waals surface area contributed by atoms with Gasteiger partial charge >= 0.3 is 0 Å². The molecule has 0 aliphatic rings. The fourth-order valence-electron chi connectivity index (χ4n) is 2.83. The Morgan fingerprint density at radius 1 is 1.35 bits per heavy atom. The number of imidazole rings is 1. The molecule has 0 aliphatic heterocycles. The Balaban J connectivity index is 1.87. The van der Waals surface area contributed by atoms with Crippen LogP contribution in [0.15, 0.2) is 30.6 Å². The molecule has 0 atom stereocenters. The number of aryl methyl sites for hydroxylation is 1. The van der Waals surface area contributed by atoms with Gasteiger partial charge in [-0.15, -0.1) is 0 Å². The van der Waals surface area contributed by atoms with E-state index < -0.39 is 17.6 Å².